The van der Waals surface area contributed by atoms with Crippen LogP contribution >= 0.6 is 0 Å². The van der Waals surface area contributed by atoms with Crippen molar-refractivity contribution >= 4 is 5.97 Å². The molecule has 5 heteroatoms. The van der Waals surface area contributed by atoms with E-state index in [9.17, 15) is 9.90 Å². The second-order valence-corrected chi connectivity index (χ2v) is 5.83. The summed E-state index contributed by atoms with van der Waals surface area (Å²) in [6.45, 7) is 4.40. The van der Waals surface area contributed by atoms with Crippen LogP contribution in [0.2, 0.25) is 0 Å². The highest BCUT2D eigenvalue weighted by Crippen LogP contribution is 2.36. The summed E-state index contributed by atoms with van der Waals surface area (Å²) >= 11 is 0. The molecule has 0 aromatic heterocycles. The van der Waals surface area contributed by atoms with Crippen molar-refractivity contribution < 1.29 is 14.6 Å². The maximum Gasteiger partial charge on any atom is 0.324 e. The van der Waals surface area contributed by atoms with Crippen LogP contribution in [0.5, 0.6) is 0 Å². The average molecular weight is 254 g/mol. The van der Waals surface area contributed by atoms with Gasteiger partial charge in [-0.1, -0.05) is 0 Å². The zero-order chi connectivity index (χ0) is 12.6. The molecule has 3 heterocycles. The van der Waals surface area contributed by atoms with Crippen LogP contribution in [0.4, 0.5) is 0 Å². The number of hydrogen-bond acceptors (Lipinski definition) is 4. The number of fused-ring (bicyclic) bond motifs is 2. The molecule has 3 aliphatic rings. The number of carboxylic acid groups (broad SMARTS) is 1. The summed E-state index contributed by atoms with van der Waals surface area (Å²) in [4.78, 5) is 14.1. The summed E-state index contributed by atoms with van der Waals surface area (Å²) in [6, 6.07) is 0. The summed E-state index contributed by atoms with van der Waals surface area (Å²) in [6.07, 6.45) is 4.09. The third-order valence-electron chi connectivity index (χ3n) is 4.84. The number of carbonyl (C=O) groups is 1. The van der Waals surface area contributed by atoms with Crippen LogP contribution < -0.4 is 5.32 Å². The van der Waals surface area contributed by atoms with E-state index in [1.807, 2.05) is 0 Å². The van der Waals surface area contributed by atoms with E-state index in [2.05, 4.69) is 10.2 Å². The molecule has 0 aromatic carbocycles. The first-order chi connectivity index (χ1) is 8.71. The molecule has 2 bridgehead atoms. The second kappa shape index (κ2) is 4.79. The van der Waals surface area contributed by atoms with Gasteiger partial charge in [0.2, 0.25) is 0 Å². The van der Waals surface area contributed by atoms with Crippen molar-refractivity contribution in [3.05, 3.63) is 0 Å². The Labute approximate surface area is 107 Å². The fraction of sp³-hybridized carbons (Fsp3) is 0.923. The van der Waals surface area contributed by atoms with Crippen LogP contribution in [-0.2, 0) is 9.53 Å². The molecular weight excluding hydrogens is 232 g/mol. The third kappa shape index (κ3) is 2.04. The normalized spacial score (nSPS) is 43.2. The minimum absolute atomic E-state index is 0.209. The van der Waals surface area contributed by atoms with Gasteiger partial charge < -0.3 is 14.7 Å². The zero-order valence-corrected chi connectivity index (χ0v) is 10.7. The fourth-order valence-corrected chi connectivity index (χ4v) is 3.67. The molecule has 4 unspecified atom stereocenters. The van der Waals surface area contributed by atoms with E-state index in [4.69, 9.17) is 4.74 Å². The molecule has 5 nitrogen and oxygen atoms in total. The zero-order valence-electron chi connectivity index (χ0n) is 10.7. The molecule has 4 atom stereocenters. The van der Waals surface area contributed by atoms with Gasteiger partial charge in [-0.25, -0.2) is 0 Å². The van der Waals surface area contributed by atoms with Crippen molar-refractivity contribution in [2.45, 2.75) is 37.3 Å². The molecule has 3 aliphatic heterocycles. The highest BCUT2D eigenvalue weighted by atomic mass is 16.5. The Morgan fingerprint density at radius 2 is 2.33 bits per heavy atom. The first-order valence-corrected chi connectivity index (χ1v) is 7.03. The van der Waals surface area contributed by atoms with Gasteiger partial charge in [-0.3, -0.25) is 10.1 Å². The Balaban J connectivity index is 1.68. The lowest BCUT2D eigenvalue weighted by molar-refractivity contribution is -0.149. The van der Waals surface area contributed by atoms with Crippen molar-refractivity contribution in [2.24, 2.45) is 5.92 Å². The van der Waals surface area contributed by atoms with Crippen molar-refractivity contribution in [1.82, 2.24) is 10.2 Å². The van der Waals surface area contributed by atoms with Crippen LogP contribution in [0, 0.1) is 5.92 Å². The van der Waals surface area contributed by atoms with E-state index in [1.165, 1.54) is 0 Å². The lowest BCUT2D eigenvalue weighted by atomic mass is 9.78. The maximum atomic E-state index is 11.7. The van der Waals surface area contributed by atoms with E-state index >= 15 is 0 Å². The largest absolute Gasteiger partial charge is 0.480 e. The number of nitrogens with one attached hydrogen (secondary N) is 1. The lowest BCUT2D eigenvalue weighted by Gasteiger charge is -2.40. The first-order valence-electron chi connectivity index (χ1n) is 7.03. The average Bonchev–Trinajstić information content (AvgIpc) is 2.99. The van der Waals surface area contributed by atoms with Crippen LogP contribution in [0.1, 0.15) is 25.7 Å². The second-order valence-electron chi connectivity index (χ2n) is 5.83. The van der Waals surface area contributed by atoms with E-state index < -0.39 is 11.5 Å². The van der Waals surface area contributed by atoms with Crippen LogP contribution in [-0.4, -0.2) is 60.4 Å². The van der Waals surface area contributed by atoms with Crippen molar-refractivity contribution in [1.29, 1.82) is 0 Å². The van der Waals surface area contributed by atoms with Gasteiger partial charge in [0, 0.05) is 32.2 Å². The van der Waals surface area contributed by atoms with Gasteiger partial charge in [-0.2, -0.15) is 0 Å². The molecule has 0 amide bonds. The highest BCUT2D eigenvalue weighted by molar-refractivity contribution is 5.79. The number of hydrogen-bond donors (Lipinski definition) is 2. The molecule has 2 N–H and O–H groups in total. The van der Waals surface area contributed by atoms with E-state index in [0.29, 0.717) is 6.54 Å². The van der Waals surface area contributed by atoms with Crippen molar-refractivity contribution in [3.63, 3.8) is 0 Å². The Hall–Kier alpha value is -0.650. The van der Waals surface area contributed by atoms with Gasteiger partial charge in [-0.15, -0.1) is 0 Å². The standard InChI is InChI=1S/C13H22N2O3/c16-12(17)13(14-8-11-2-1-7-18-11)4-6-15-5-3-10(13)9-15/h10-11,14H,1-9H2,(H,16,17). The summed E-state index contributed by atoms with van der Waals surface area (Å²) in [7, 11) is 0. The summed E-state index contributed by atoms with van der Waals surface area (Å²) in [5.41, 5.74) is -0.709. The Morgan fingerprint density at radius 3 is 3.06 bits per heavy atom. The summed E-state index contributed by atoms with van der Waals surface area (Å²) in [5.74, 6) is -0.419. The van der Waals surface area contributed by atoms with E-state index in [0.717, 1.165) is 51.9 Å². The van der Waals surface area contributed by atoms with Crippen molar-refractivity contribution in [3.8, 4) is 0 Å². The van der Waals surface area contributed by atoms with Gasteiger partial charge in [0.1, 0.15) is 5.54 Å². The number of piperidine rings is 1. The Morgan fingerprint density at radius 1 is 1.44 bits per heavy atom. The van der Waals surface area contributed by atoms with Gasteiger partial charge in [0.25, 0.3) is 0 Å². The lowest BCUT2D eigenvalue weighted by Crippen LogP contribution is -2.62. The molecule has 0 spiro atoms. The third-order valence-corrected chi connectivity index (χ3v) is 4.84. The number of rotatable bonds is 4. The Bertz CT molecular complexity index is 330. The molecular formula is C13H22N2O3. The molecule has 102 valence electrons. The first kappa shape index (κ1) is 12.4. The van der Waals surface area contributed by atoms with Gasteiger partial charge in [0.15, 0.2) is 0 Å². The molecule has 3 fully saturated rings. The molecule has 0 saturated carbocycles. The number of carboxylic acids is 1. The van der Waals surface area contributed by atoms with E-state index in [1.54, 1.807) is 0 Å². The predicted molar refractivity (Wildman–Crippen MR) is 66.5 cm³/mol. The number of aliphatic carboxylic acids is 1. The highest BCUT2D eigenvalue weighted by Gasteiger charge is 2.51. The van der Waals surface area contributed by atoms with Gasteiger partial charge in [-0.05, 0) is 32.2 Å². The summed E-state index contributed by atoms with van der Waals surface area (Å²) in [5, 5.41) is 13.0. The SMILES string of the molecule is O=C(O)C1(NCC2CCCO2)CCN2CCC1C2. The minimum Gasteiger partial charge on any atom is -0.480 e. The molecule has 0 radical (unpaired) electrons. The Kier molecular flexibility index (Phi) is 3.30. The molecule has 0 aliphatic carbocycles. The number of ether oxygens (including phenoxy) is 1. The predicted octanol–water partition coefficient (Wildman–Crippen LogP) is 0.304. The van der Waals surface area contributed by atoms with Crippen LogP contribution in [0.3, 0.4) is 0 Å². The fourth-order valence-electron chi connectivity index (χ4n) is 3.67. The quantitative estimate of drug-likeness (QED) is 0.756. The molecule has 3 saturated heterocycles. The van der Waals surface area contributed by atoms with Gasteiger partial charge in [0.05, 0.1) is 6.10 Å². The number of nitrogens with zero attached hydrogens (tertiary/aromatic N) is 1. The maximum absolute atomic E-state index is 11.7. The smallest absolute Gasteiger partial charge is 0.324 e. The van der Waals surface area contributed by atoms with Crippen molar-refractivity contribution in [2.75, 3.05) is 32.8 Å². The monoisotopic (exact) mass is 254 g/mol. The topological polar surface area (TPSA) is 61.8 Å². The molecule has 0 aromatic rings. The van der Waals surface area contributed by atoms with Crippen LogP contribution in [0.15, 0.2) is 0 Å². The molecule has 18 heavy (non-hydrogen) atoms. The van der Waals surface area contributed by atoms with E-state index in [-0.39, 0.29) is 12.0 Å². The summed E-state index contributed by atoms with van der Waals surface area (Å²) < 4.78 is 5.58. The van der Waals surface area contributed by atoms with Crippen LogP contribution in [0.25, 0.3) is 0 Å². The molecule has 3 rings (SSSR count). The minimum atomic E-state index is -0.709. The van der Waals surface area contributed by atoms with Gasteiger partial charge >= 0.3 is 5.97 Å².